The lowest BCUT2D eigenvalue weighted by molar-refractivity contribution is -0.133. The highest BCUT2D eigenvalue weighted by atomic mass is 16.5. The Bertz CT molecular complexity index is 1680. The summed E-state index contributed by atoms with van der Waals surface area (Å²) in [5.41, 5.74) is 2.79. The van der Waals surface area contributed by atoms with Crippen LogP contribution in [0.15, 0.2) is 79.4 Å². The number of rotatable bonds is 5. The van der Waals surface area contributed by atoms with Crippen LogP contribution in [0.1, 0.15) is 35.2 Å². The molecule has 2 atom stereocenters. The fourth-order valence-electron chi connectivity index (χ4n) is 5.68. The predicted molar refractivity (Wildman–Crippen MR) is 168 cm³/mol. The lowest BCUT2D eigenvalue weighted by Crippen LogP contribution is -2.58. The zero-order chi connectivity index (χ0) is 31.9. The van der Waals surface area contributed by atoms with Gasteiger partial charge >= 0.3 is 0 Å². The van der Waals surface area contributed by atoms with Gasteiger partial charge in [0.15, 0.2) is 6.61 Å². The highest BCUT2D eigenvalue weighted by molar-refractivity contribution is 5.96. The molecule has 46 heavy (non-hydrogen) atoms. The Balaban J connectivity index is 1.27. The van der Waals surface area contributed by atoms with Crippen LogP contribution in [0.5, 0.6) is 17.2 Å². The van der Waals surface area contributed by atoms with Crippen LogP contribution in [0.3, 0.4) is 0 Å². The molecule has 4 aromatic rings. The zero-order valence-corrected chi connectivity index (χ0v) is 25.6. The van der Waals surface area contributed by atoms with Crippen molar-refractivity contribution in [1.29, 1.82) is 0 Å². The maximum absolute atomic E-state index is 13.8. The number of nitrogens with one attached hydrogen (secondary N) is 2. The maximum atomic E-state index is 13.8. The lowest BCUT2D eigenvalue weighted by Gasteiger charge is -2.39. The minimum absolute atomic E-state index is 0.0134. The van der Waals surface area contributed by atoms with Gasteiger partial charge in [0, 0.05) is 50.1 Å². The van der Waals surface area contributed by atoms with Crippen molar-refractivity contribution in [2.75, 3.05) is 26.8 Å². The molecule has 6 bridgehead atoms. The third-order valence-electron chi connectivity index (χ3n) is 8.14. The molecule has 1 fully saturated rings. The van der Waals surface area contributed by atoms with Gasteiger partial charge in [-0.15, -0.1) is 0 Å². The number of likely N-dealkylation sites (tertiary alicyclic amines) is 1. The van der Waals surface area contributed by atoms with E-state index in [2.05, 4.69) is 20.7 Å². The van der Waals surface area contributed by atoms with Gasteiger partial charge < -0.3 is 29.7 Å². The Morgan fingerprint density at radius 1 is 1.04 bits per heavy atom. The summed E-state index contributed by atoms with van der Waals surface area (Å²) in [7, 11) is 1.57. The number of carbonyl (C=O) groups is 3. The van der Waals surface area contributed by atoms with Crippen LogP contribution in [0.2, 0.25) is 0 Å². The first kappa shape index (κ1) is 30.6. The summed E-state index contributed by atoms with van der Waals surface area (Å²) in [6, 6.07) is 19.5. The molecule has 12 heteroatoms. The molecule has 0 spiro atoms. The smallest absolute Gasteiger partial charge is 0.258 e. The summed E-state index contributed by atoms with van der Waals surface area (Å²) >= 11 is 0. The van der Waals surface area contributed by atoms with Gasteiger partial charge in [-0.05, 0) is 60.0 Å². The van der Waals surface area contributed by atoms with Crippen LogP contribution in [0, 0.1) is 0 Å². The van der Waals surface area contributed by atoms with E-state index >= 15 is 0 Å². The summed E-state index contributed by atoms with van der Waals surface area (Å²) in [5.74, 6) is 1.19. The van der Waals surface area contributed by atoms with Gasteiger partial charge in [0.2, 0.25) is 5.91 Å². The number of methoxy groups -OCH3 is 1. The SMILES string of the molecule is COc1ccc2cc1-c1cccc(c1)OCC(=O)NCc1ccc(cc1)O[C@@H]1CCN(C(=O)CCCn3cncn3)C[C@H]1NC2=O. The minimum Gasteiger partial charge on any atom is -0.496 e. The molecule has 2 N–H and O–H groups in total. The van der Waals surface area contributed by atoms with E-state index in [1.807, 2.05) is 36.4 Å². The zero-order valence-electron chi connectivity index (χ0n) is 25.6. The number of piperidine rings is 1. The third kappa shape index (κ3) is 7.45. The van der Waals surface area contributed by atoms with Crippen molar-refractivity contribution >= 4 is 17.7 Å². The fraction of sp³-hybridized carbons (Fsp3) is 0.324. The second kappa shape index (κ2) is 14.1. The average molecular weight is 625 g/mol. The van der Waals surface area contributed by atoms with Crippen molar-refractivity contribution in [3.05, 3.63) is 90.5 Å². The Labute approximate surface area is 266 Å². The molecule has 0 radical (unpaired) electrons. The van der Waals surface area contributed by atoms with Gasteiger partial charge in [0.25, 0.3) is 11.8 Å². The number of nitrogens with zero attached hydrogens (tertiary/aromatic N) is 4. The number of aryl methyl sites for hydroxylation is 1. The number of amides is 3. The molecule has 238 valence electrons. The number of hydrogen-bond acceptors (Lipinski definition) is 8. The van der Waals surface area contributed by atoms with Gasteiger partial charge in [0.1, 0.15) is 36.0 Å². The van der Waals surface area contributed by atoms with E-state index in [4.69, 9.17) is 14.2 Å². The molecule has 3 aromatic carbocycles. The van der Waals surface area contributed by atoms with Crippen LogP contribution in [0.4, 0.5) is 0 Å². The van der Waals surface area contributed by atoms with E-state index in [-0.39, 0.29) is 30.4 Å². The topological polar surface area (TPSA) is 137 Å². The van der Waals surface area contributed by atoms with Crippen LogP contribution >= 0.6 is 0 Å². The van der Waals surface area contributed by atoms with E-state index < -0.39 is 6.04 Å². The molecule has 0 saturated carbocycles. The molecule has 0 unspecified atom stereocenters. The molecule has 3 aliphatic heterocycles. The molecule has 12 nitrogen and oxygen atoms in total. The van der Waals surface area contributed by atoms with Crippen molar-refractivity contribution < 1.29 is 28.6 Å². The number of ether oxygens (including phenoxy) is 3. The first-order chi connectivity index (χ1) is 22.4. The first-order valence-corrected chi connectivity index (χ1v) is 15.3. The van der Waals surface area contributed by atoms with Crippen LogP contribution in [-0.2, 0) is 22.7 Å². The van der Waals surface area contributed by atoms with Gasteiger partial charge in [-0.2, -0.15) is 5.10 Å². The van der Waals surface area contributed by atoms with E-state index in [9.17, 15) is 14.4 Å². The summed E-state index contributed by atoms with van der Waals surface area (Å²) in [6.07, 6.45) is 4.26. The standard InChI is InChI=1S/C34H36N6O6/c1-44-30-12-9-25-17-28(30)24-4-2-5-27(16-24)45-20-32(41)36-18-23-7-10-26(11-8-23)46-31-13-15-39(19-29(31)38-34(25)43)33(42)6-3-14-40-22-35-21-37-40/h2,4-5,7-12,16-17,21-22,29,31H,3,6,13-15,18-20H2,1H3,(H,36,41)(H,38,43)/t29-,31-/m1/s1. The molecule has 4 heterocycles. The third-order valence-corrected chi connectivity index (χ3v) is 8.14. The van der Waals surface area contributed by atoms with Crippen LogP contribution < -0.4 is 24.8 Å². The summed E-state index contributed by atoms with van der Waals surface area (Å²) in [5, 5.41) is 10.1. The van der Waals surface area contributed by atoms with Crippen molar-refractivity contribution in [3.63, 3.8) is 0 Å². The fourth-order valence-corrected chi connectivity index (χ4v) is 5.68. The van der Waals surface area contributed by atoms with Crippen molar-refractivity contribution in [2.45, 2.75) is 44.5 Å². The minimum atomic E-state index is -0.465. The Morgan fingerprint density at radius 2 is 1.91 bits per heavy atom. The van der Waals surface area contributed by atoms with E-state index in [0.29, 0.717) is 73.8 Å². The summed E-state index contributed by atoms with van der Waals surface area (Å²) in [6.45, 7) is 1.61. The lowest BCUT2D eigenvalue weighted by atomic mass is 9.99. The average Bonchev–Trinajstić information content (AvgIpc) is 3.61. The molecular weight excluding hydrogens is 588 g/mol. The summed E-state index contributed by atoms with van der Waals surface area (Å²) in [4.78, 5) is 45.3. The van der Waals surface area contributed by atoms with Gasteiger partial charge in [-0.3, -0.25) is 19.1 Å². The number of aromatic nitrogens is 3. The van der Waals surface area contributed by atoms with Crippen LogP contribution in [0.25, 0.3) is 11.1 Å². The Hall–Kier alpha value is -5.39. The number of benzene rings is 3. The molecule has 1 saturated heterocycles. The summed E-state index contributed by atoms with van der Waals surface area (Å²) < 4.78 is 19.5. The van der Waals surface area contributed by atoms with Gasteiger partial charge in [0.05, 0.1) is 13.2 Å². The van der Waals surface area contributed by atoms with E-state index in [1.165, 1.54) is 6.33 Å². The number of fused-ring (bicyclic) bond motifs is 7. The highest BCUT2D eigenvalue weighted by Gasteiger charge is 2.34. The van der Waals surface area contributed by atoms with Crippen molar-refractivity contribution in [1.82, 2.24) is 30.3 Å². The van der Waals surface area contributed by atoms with E-state index in [1.54, 1.807) is 53.4 Å². The second-order valence-electron chi connectivity index (χ2n) is 11.3. The monoisotopic (exact) mass is 624 g/mol. The first-order valence-electron chi connectivity index (χ1n) is 15.3. The number of hydrogen-bond donors (Lipinski definition) is 2. The second-order valence-corrected chi connectivity index (χ2v) is 11.3. The molecular formula is C34H36N6O6. The normalized spacial score (nSPS) is 18.3. The molecule has 1 aromatic heterocycles. The highest BCUT2D eigenvalue weighted by Crippen LogP contribution is 2.33. The predicted octanol–water partition coefficient (Wildman–Crippen LogP) is 3.22. The molecule has 3 aliphatic rings. The Morgan fingerprint density at radius 3 is 2.72 bits per heavy atom. The quantitative estimate of drug-likeness (QED) is 0.346. The number of carbonyl (C=O) groups excluding carboxylic acids is 3. The largest absolute Gasteiger partial charge is 0.496 e. The molecule has 0 aliphatic carbocycles. The van der Waals surface area contributed by atoms with Crippen molar-refractivity contribution in [3.8, 4) is 28.4 Å². The maximum Gasteiger partial charge on any atom is 0.258 e. The van der Waals surface area contributed by atoms with Crippen molar-refractivity contribution in [2.24, 2.45) is 0 Å². The molecule has 3 amide bonds. The van der Waals surface area contributed by atoms with Gasteiger partial charge in [-0.25, -0.2) is 4.98 Å². The van der Waals surface area contributed by atoms with Gasteiger partial charge in [-0.1, -0.05) is 24.3 Å². The van der Waals surface area contributed by atoms with Crippen LogP contribution in [-0.4, -0.2) is 76.3 Å². The molecule has 7 rings (SSSR count). The Kier molecular flexibility index (Phi) is 9.42. The van der Waals surface area contributed by atoms with E-state index in [0.717, 1.165) is 11.1 Å².